The van der Waals surface area contributed by atoms with Gasteiger partial charge >= 0.3 is 11.9 Å². The van der Waals surface area contributed by atoms with E-state index in [1.165, 1.54) is 0 Å². The molecule has 2 saturated carbocycles. The summed E-state index contributed by atoms with van der Waals surface area (Å²) in [6, 6.07) is 0. The molecule has 0 aromatic rings. The van der Waals surface area contributed by atoms with Gasteiger partial charge in [-0.25, -0.2) is 4.79 Å². The maximum atomic E-state index is 12.6. The Hall–Kier alpha value is -1.14. The lowest BCUT2D eigenvalue weighted by Crippen LogP contribution is -2.62. The molecule has 0 aromatic heterocycles. The van der Waals surface area contributed by atoms with E-state index in [1.807, 2.05) is 0 Å². The number of esters is 2. The zero-order valence-electron chi connectivity index (χ0n) is 15.8. The number of carbonyl (C=O) groups is 2. The van der Waals surface area contributed by atoms with E-state index in [2.05, 4.69) is 13.8 Å². The minimum absolute atomic E-state index is 0.00849. The van der Waals surface area contributed by atoms with Gasteiger partial charge in [0.2, 0.25) is 6.29 Å². The molecule has 6 heteroatoms. The first-order valence-electron chi connectivity index (χ1n) is 9.94. The Morgan fingerprint density at radius 1 is 1.00 bits per heavy atom. The molecule has 3 aliphatic heterocycles. The van der Waals surface area contributed by atoms with Crippen molar-refractivity contribution in [2.75, 3.05) is 7.11 Å². The van der Waals surface area contributed by atoms with Gasteiger partial charge in [0.25, 0.3) is 0 Å². The second-order valence-corrected chi connectivity index (χ2v) is 9.51. The second kappa shape index (κ2) is 5.02. The molecule has 144 valence electrons. The molecular formula is C20H28O6. The summed E-state index contributed by atoms with van der Waals surface area (Å²) in [5.41, 5.74) is -1.85. The molecule has 26 heavy (non-hydrogen) atoms. The number of hydrogen-bond acceptors (Lipinski definition) is 6. The Kier molecular flexibility index (Phi) is 3.28. The maximum Gasteiger partial charge on any atom is 0.340 e. The highest BCUT2D eigenvalue weighted by Gasteiger charge is 2.74. The van der Waals surface area contributed by atoms with Crippen LogP contribution in [-0.2, 0) is 28.5 Å². The van der Waals surface area contributed by atoms with Crippen molar-refractivity contribution in [2.45, 2.75) is 88.8 Å². The molecule has 5 rings (SSSR count). The van der Waals surface area contributed by atoms with E-state index in [1.54, 1.807) is 7.11 Å². The van der Waals surface area contributed by atoms with Crippen LogP contribution in [0.15, 0.2) is 0 Å². The van der Waals surface area contributed by atoms with Gasteiger partial charge in [0, 0.05) is 18.4 Å². The van der Waals surface area contributed by atoms with Crippen molar-refractivity contribution in [3.63, 3.8) is 0 Å². The quantitative estimate of drug-likeness (QED) is 0.666. The fourth-order valence-electron chi connectivity index (χ4n) is 7.12. The van der Waals surface area contributed by atoms with Crippen LogP contribution in [0.4, 0.5) is 0 Å². The van der Waals surface area contributed by atoms with E-state index in [0.29, 0.717) is 12.8 Å². The fraction of sp³-hybridized carbons (Fsp3) is 0.900. The van der Waals surface area contributed by atoms with Crippen LogP contribution in [0.25, 0.3) is 0 Å². The molecular weight excluding hydrogens is 336 g/mol. The fourth-order valence-corrected chi connectivity index (χ4v) is 7.12. The van der Waals surface area contributed by atoms with E-state index in [4.69, 9.17) is 18.9 Å². The molecule has 6 nitrogen and oxygen atoms in total. The molecule has 3 saturated heterocycles. The molecule has 3 heterocycles. The van der Waals surface area contributed by atoms with Crippen LogP contribution in [0.5, 0.6) is 0 Å². The first-order chi connectivity index (χ1) is 12.3. The molecule has 0 bridgehead atoms. The summed E-state index contributed by atoms with van der Waals surface area (Å²) in [7, 11) is 1.56. The zero-order chi connectivity index (χ0) is 18.4. The van der Waals surface area contributed by atoms with Gasteiger partial charge in [0.1, 0.15) is 6.10 Å². The lowest BCUT2D eigenvalue weighted by Gasteiger charge is -2.59. The van der Waals surface area contributed by atoms with Crippen molar-refractivity contribution in [3.05, 3.63) is 0 Å². The smallest absolute Gasteiger partial charge is 0.340 e. The molecule has 0 amide bonds. The average Bonchev–Trinajstić information content (AvgIpc) is 3.21. The van der Waals surface area contributed by atoms with E-state index < -0.39 is 17.3 Å². The molecule has 0 radical (unpaired) electrons. The topological polar surface area (TPSA) is 71.1 Å². The normalized spacial score (nSPS) is 55.3. The van der Waals surface area contributed by atoms with Crippen LogP contribution in [-0.4, -0.2) is 42.6 Å². The van der Waals surface area contributed by atoms with E-state index in [9.17, 15) is 9.59 Å². The van der Waals surface area contributed by atoms with E-state index >= 15 is 0 Å². The molecule has 2 spiro atoms. The highest BCUT2D eigenvalue weighted by molar-refractivity contribution is 5.82. The molecule has 2 aliphatic carbocycles. The van der Waals surface area contributed by atoms with Gasteiger partial charge in [-0.05, 0) is 45.4 Å². The van der Waals surface area contributed by atoms with Crippen molar-refractivity contribution in [1.82, 2.24) is 0 Å². The summed E-state index contributed by atoms with van der Waals surface area (Å²) in [6.45, 7) is 4.35. The summed E-state index contributed by atoms with van der Waals surface area (Å²) >= 11 is 0. The van der Waals surface area contributed by atoms with Crippen LogP contribution in [0.1, 0.15) is 65.2 Å². The molecule has 7 atom stereocenters. The van der Waals surface area contributed by atoms with E-state index in [0.717, 1.165) is 38.5 Å². The molecule has 5 fully saturated rings. The highest BCUT2D eigenvalue weighted by atomic mass is 16.7. The Bertz CT molecular complexity index is 677. The highest BCUT2D eigenvalue weighted by Crippen LogP contribution is 2.69. The van der Waals surface area contributed by atoms with Gasteiger partial charge in [0.15, 0.2) is 5.60 Å². The number of carbonyl (C=O) groups excluding carboxylic acids is 2. The lowest BCUT2D eigenvalue weighted by molar-refractivity contribution is -0.227. The van der Waals surface area contributed by atoms with Crippen molar-refractivity contribution < 1.29 is 28.5 Å². The predicted octanol–water partition coefficient (Wildman–Crippen LogP) is 2.73. The molecule has 0 unspecified atom stereocenters. The summed E-state index contributed by atoms with van der Waals surface area (Å²) in [5, 5.41) is 0. The van der Waals surface area contributed by atoms with Crippen LogP contribution in [0, 0.1) is 16.7 Å². The third kappa shape index (κ3) is 1.80. The van der Waals surface area contributed by atoms with Gasteiger partial charge < -0.3 is 18.9 Å². The Balaban J connectivity index is 1.53. The van der Waals surface area contributed by atoms with Gasteiger partial charge in [-0.15, -0.1) is 0 Å². The van der Waals surface area contributed by atoms with Gasteiger partial charge in [-0.2, -0.15) is 0 Å². The first-order valence-corrected chi connectivity index (χ1v) is 9.94. The minimum atomic E-state index is -0.881. The number of cyclic esters (lactones) is 1. The first kappa shape index (κ1) is 17.0. The lowest BCUT2D eigenvalue weighted by atomic mass is 9.46. The van der Waals surface area contributed by atoms with Crippen LogP contribution in [0.3, 0.4) is 0 Å². The van der Waals surface area contributed by atoms with Gasteiger partial charge in [-0.1, -0.05) is 13.3 Å². The summed E-state index contributed by atoms with van der Waals surface area (Å²) in [6.07, 6.45) is 5.99. The Morgan fingerprint density at radius 2 is 1.81 bits per heavy atom. The van der Waals surface area contributed by atoms with Crippen molar-refractivity contribution >= 4 is 11.9 Å². The van der Waals surface area contributed by atoms with Crippen LogP contribution in [0.2, 0.25) is 0 Å². The standard InChI is InChI=1S/C20H28O6/c1-17-6-4-7-18(2)14(17)12(24-15(17)21)5-8-20(18)10-9-19(26-20)11-13(23-3)25-16(19)22/h12-14H,4-11H2,1-3H3/t12-,13-,14+,17+,18+,19-,20+/m1/s1. The third-order valence-corrected chi connectivity index (χ3v) is 8.43. The minimum Gasteiger partial charge on any atom is -0.462 e. The number of methoxy groups -OCH3 is 1. The monoisotopic (exact) mass is 364 g/mol. The van der Waals surface area contributed by atoms with Crippen LogP contribution >= 0.6 is 0 Å². The third-order valence-electron chi connectivity index (χ3n) is 8.43. The zero-order valence-corrected chi connectivity index (χ0v) is 15.8. The number of hydrogen-bond donors (Lipinski definition) is 0. The molecule has 5 aliphatic rings. The maximum absolute atomic E-state index is 12.6. The number of rotatable bonds is 1. The van der Waals surface area contributed by atoms with Crippen molar-refractivity contribution in [2.24, 2.45) is 16.7 Å². The van der Waals surface area contributed by atoms with Gasteiger partial charge in [0.05, 0.1) is 17.4 Å². The molecule has 0 N–H and O–H groups in total. The summed E-state index contributed by atoms with van der Waals surface area (Å²) in [5.74, 6) is -0.164. The number of fused-ring (bicyclic) bond motifs is 1. The molecule has 0 aromatic carbocycles. The number of ether oxygens (including phenoxy) is 4. The van der Waals surface area contributed by atoms with Crippen molar-refractivity contribution in [1.29, 1.82) is 0 Å². The Labute approximate surface area is 153 Å². The Morgan fingerprint density at radius 3 is 2.54 bits per heavy atom. The van der Waals surface area contributed by atoms with Crippen molar-refractivity contribution in [3.8, 4) is 0 Å². The summed E-state index contributed by atoms with van der Waals surface area (Å²) < 4.78 is 23.2. The second-order valence-electron chi connectivity index (χ2n) is 9.51. The van der Waals surface area contributed by atoms with Crippen LogP contribution < -0.4 is 0 Å². The average molecular weight is 364 g/mol. The summed E-state index contributed by atoms with van der Waals surface area (Å²) in [4.78, 5) is 25.3. The largest absolute Gasteiger partial charge is 0.462 e. The SMILES string of the molecule is CO[C@H]1C[C@]2(CC[C@]3(CC[C@H]4OC(=O)[C@@]5(C)CCC[C@@]3(C)[C@@H]45)O2)C(=O)O1. The van der Waals surface area contributed by atoms with E-state index in [-0.39, 0.29) is 35.0 Å². The predicted molar refractivity (Wildman–Crippen MR) is 90.0 cm³/mol. The van der Waals surface area contributed by atoms with Gasteiger partial charge in [-0.3, -0.25) is 4.79 Å².